The molecule has 5 heterocycles. The van der Waals surface area contributed by atoms with Gasteiger partial charge >= 0.3 is 0 Å². The molecule has 2 aromatic carbocycles. The molecule has 75 heavy (non-hydrogen) atoms. The molecule has 4 N–H and O–H groups in total. The van der Waals surface area contributed by atoms with Gasteiger partial charge in [-0.15, -0.1) is 11.3 Å². The lowest BCUT2D eigenvalue weighted by Crippen LogP contribution is -2.58. The van der Waals surface area contributed by atoms with E-state index in [1.165, 1.54) is 7.11 Å². The largest absolute Gasteiger partial charge is 0.495 e. The summed E-state index contributed by atoms with van der Waals surface area (Å²) < 4.78 is 24.4. The summed E-state index contributed by atoms with van der Waals surface area (Å²) in [5, 5.41) is 21.9. The van der Waals surface area contributed by atoms with Crippen molar-refractivity contribution in [2.75, 3.05) is 70.1 Å². The first kappa shape index (κ1) is 54.3. The van der Waals surface area contributed by atoms with E-state index in [0.717, 1.165) is 71.0 Å². The van der Waals surface area contributed by atoms with E-state index in [0.29, 0.717) is 54.6 Å². The number of thiazole rings is 1. The van der Waals surface area contributed by atoms with Gasteiger partial charge in [0, 0.05) is 31.2 Å². The van der Waals surface area contributed by atoms with E-state index in [9.17, 15) is 24.4 Å². The van der Waals surface area contributed by atoms with Crippen molar-refractivity contribution in [3.8, 4) is 27.9 Å². The molecule has 3 atom stereocenters. The summed E-state index contributed by atoms with van der Waals surface area (Å²) in [5.41, 5.74) is 7.25. The van der Waals surface area contributed by atoms with Crippen LogP contribution in [0.1, 0.15) is 112 Å². The molecule has 0 radical (unpaired) electrons. The van der Waals surface area contributed by atoms with E-state index in [2.05, 4.69) is 54.1 Å². The highest BCUT2D eigenvalue weighted by Crippen LogP contribution is 2.45. The minimum atomic E-state index is -0.867. The Bertz CT molecular complexity index is 2840. The second-order valence-corrected chi connectivity index (χ2v) is 20.8. The van der Waals surface area contributed by atoms with Crippen LogP contribution in [0.3, 0.4) is 0 Å². The molecule has 4 amide bonds. The number of ether oxygens (including phenoxy) is 4. The number of anilines is 3. The predicted molar refractivity (Wildman–Crippen MR) is 283 cm³/mol. The maximum atomic E-state index is 13.9. The van der Waals surface area contributed by atoms with Gasteiger partial charge in [0.2, 0.25) is 23.7 Å². The normalized spacial score (nSPS) is 16.7. The Balaban J connectivity index is 0.717. The number of aromatic nitrogens is 5. The number of hydrogen-bond donors (Lipinski definition) is 4. The number of hydrogen-bond acceptors (Lipinski definition) is 16. The van der Waals surface area contributed by atoms with E-state index in [-0.39, 0.29) is 76.0 Å². The van der Waals surface area contributed by atoms with Crippen molar-refractivity contribution in [2.24, 2.45) is 5.41 Å². The van der Waals surface area contributed by atoms with E-state index in [1.54, 1.807) is 47.0 Å². The van der Waals surface area contributed by atoms with Crippen molar-refractivity contribution in [1.29, 1.82) is 5.26 Å². The monoisotopic (exact) mass is 1040 g/mol. The molecule has 5 aromatic rings. The second kappa shape index (κ2) is 25.0. The zero-order valence-corrected chi connectivity index (χ0v) is 44.5. The van der Waals surface area contributed by atoms with E-state index in [1.807, 2.05) is 62.0 Å². The fraction of sp³-hybridized carbons (Fsp3) is 0.500. The van der Waals surface area contributed by atoms with Gasteiger partial charge in [0.25, 0.3) is 5.91 Å². The number of fused-ring (bicyclic) bond motifs is 3. The zero-order chi connectivity index (χ0) is 53.1. The molecule has 21 heteroatoms. The Morgan fingerprint density at radius 3 is 2.36 bits per heavy atom. The van der Waals surface area contributed by atoms with E-state index < -0.39 is 23.4 Å². The molecule has 20 nitrogen and oxygen atoms in total. The van der Waals surface area contributed by atoms with Crippen LogP contribution in [-0.4, -0.2) is 131 Å². The highest BCUT2D eigenvalue weighted by molar-refractivity contribution is 7.13. The second-order valence-electron chi connectivity index (χ2n) is 19.9. The summed E-state index contributed by atoms with van der Waals surface area (Å²) >= 11 is 1.59. The lowest BCUT2D eigenvalue weighted by molar-refractivity contribution is -0.144. The zero-order valence-electron chi connectivity index (χ0n) is 43.6. The van der Waals surface area contributed by atoms with Gasteiger partial charge in [-0.05, 0) is 73.8 Å². The average Bonchev–Trinajstić information content (AvgIpc) is 4.28. The van der Waals surface area contributed by atoms with Gasteiger partial charge in [0.1, 0.15) is 42.5 Å². The molecule has 1 unspecified atom stereocenters. The fourth-order valence-electron chi connectivity index (χ4n) is 10.0. The number of carbonyl (C=O) groups excluding carboxylic acids is 4. The lowest BCUT2D eigenvalue weighted by Gasteiger charge is -2.41. The molecule has 2 fully saturated rings. The molecule has 1 aliphatic carbocycles. The third kappa shape index (κ3) is 12.9. The summed E-state index contributed by atoms with van der Waals surface area (Å²) in [4.78, 5) is 76.9. The number of amides is 4. The Morgan fingerprint density at radius 2 is 1.67 bits per heavy atom. The first-order valence-corrected chi connectivity index (χ1v) is 26.6. The van der Waals surface area contributed by atoms with Crippen molar-refractivity contribution in [1.82, 2.24) is 45.4 Å². The van der Waals surface area contributed by atoms with Gasteiger partial charge in [-0.2, -0.15) is 10.2 Å². The van der Waals surface area contributed by atoms with Crippen molar-refractivity contribution >= 4 is 52.4 Å². The van der Waals surface area contributed by atoms with Crippen LogP contribution in [0.2, 0.25) is 0 Å². The van der Waals surface area contributed by atoms with Crippen molar-refractivity contribution in [3.05, 3.63) is 88.7 Å². The van der Waals surface area contributed by atoms with Crippen molar-refractivity contribution in [2.45, 2.75) is 110 Å². The molecule has 0 spiro atoms. The first-order chi connectivity index (χ1) is 36.3. The van der Waals surface area contributed by atoms with Crippen LogP contribution in [0.15, 0.2) is 60.5 Å². The number of carbonyl (C=O) groups is 4. The SMILES string of the molecule is CCC1c2c(C#N)ncn2-c2cnc(Nc3ccc(C(=O)NCCOCCOCCOCC(=O)N[C@H](C(=O)N4CCC[C@H]4C(=O)NCc4ccc(-c5scnc5C)cc4)C(C)(C)C)cc3OC)nc2N1C1CCCC1. The van der Waals surface area contributed by atoms with Gasteiger partial charge in [-0.3, -0.25) is 23.7 Å². The number of benzene rings is 2. The highest BCUT2D eigenvalue weighted by Gasteiger charge is 2.42. The molecule has 398 valence electrons. The third-order valence-corrected chi connectivity index (χ3v) is 14.8. The van der Waals surface area contributed by atoms with Gasteiger partial charge in [-0.25, -0.2) is 15.0 Å². The van der Waals surface area contributed by atoms with Crippen molar-refractivity contribution < 1.29 is 38.1 Å². The summed E-state index contributed by atoms with van der Waals surface area (Å²) in [5.74, 6) is 0.329. The summed E-state index contributed by atoms with van der Waals surface area (Å²) in [7, 11) is 1.53. The first-order valence-electron chi connectivity index (χ1n) is 25.8. The standard InChI is InChI=1S/C54H68N12O8S/c1-7-41-46-40(28-55)59-32-65(46)43-30-58-53(63-49(43)66(41)38-11-8-9-12-38)61-39-19-18-37(27-44(39)71-6)50(68)56-20-22-72-23-24-73-25-26-74-31-45(67)62-48(54(3,4)5)52(70)64-21-10-13-42(64)51(69)57-29-35-14-16-36(17-15-35)47-34(2)60-33-75-47/h14-19,27,30,32-33,38,41-42,48H,7-13,20-26,29,31H2,1-6H3,(H,56,68)(H,57,69)(H,62,67)(H,58,61,63)/t41?,42-,48+/m0/s1. The van der Waals surface area contributed by atoms with Crippen LogP contribution < -0.4 is 30.9 Å². The maximum Gasteiger partial charge on any atom is 0.251 e. The third-order valence-electron chi connectivity index (χ3n) is 13.8. The Hall–Kier alpha value is -6.99. The van der Waals surface area contributed by atoms with Gasteiger partial charge in [0.05, 0.1) is 79.8 Å². The lowest BCUT2D eigenvalue weighted by atomic mass is 9.85. The van der Waals surface area contributed by atoms with Gasteiger partial charge in [-0.1, -0.05) is 64.8 Å². The number of likely N-dealkylation sites (tertiary alicyclic amines) is 1. The minimum Gasteiger partial charge on any atom is -0.495 e. The predicted octanol–water partition coefficient (Wildman–Crippen LogP) is 6.55. The Morgan fingerprint density at radius 1 is 0.920 bits per heavy atom. The molecule has 0 bridgehead atoms. The van der Waals surface area contributed by atoms with Gasteiger partial charge in [0.15, 0.2) is 11.5 Å². The molecule has 1 saturated carbocycles. The van der Waals surface area contributed by atoms with Crippen LogP contribution >= 0.6 is 11.3 Å². The molecule has 8 rings (SSSR count). The van der Waals surface area contributed by atoms with Crippen LogP contribution in [-0.2, 0) is 35.1 Å². The molecular formula is C54H68N12O8S. The molecule has 3 aliphatic rings. The van der Waals surface area contributed by atoms with Gasteiger partial charge < -0.3 is 50.0 Å². The number of aryl methyl sites for hydroxylation is 1. The minimum absolute atomic E-state index is 0.0542. The molecule has 3 aromatic heterocycles. The Kier molecular flexibility index (Phi) is 18.1. The highest BCUT2D eigenvalue weighted by atomic mass is 32.1. The number of nitrogens with zero attached hydrogens (tertiary/aromatic N) is 8. The summed E-state index contributed by atoms with van der Waals surface area (Å²) in [6.07, 6.45) is 9.81. The number of nitriles is 1. The number of nitrogens with one attached hydrogen (secondary N) is 4. The number of methoxy groups -OCH3 is 1. The number of imidazole rings is 1. The number of rotatable bonds is 23. The topological polar surface area (TPSA) is 240 Å². The average molecular weight is 1050 g/mol. The molecular weight excluding hydrogens is 977 g/mol. The van der Waals surface area contributed by atoms with Crippen molar-refractivity contribution in [3.63, 3.8) is 0 Å². The van der Waals surface area contributed by atoms with E-state index >= 15 is 0 Å². The smallest absolute Gasteiger partial charge is 0.251 e. The van der Waals surface area contributed by atoms with Crippen LogP contribution in [0.5, 0.6) is 5.75 Å². The fourth-order valence-corrected chi connectivity index (χ4v) is 10.8. The van der Waals surface area contributed by atoms with Crippen LogP contribution in [0, 0.1) is 23.7 Å². The summed E-state index contributed by atoms with van der Waals surface area (Å²) in [6, 6.07) is 14.1. The quantitative estimate of drug-likeness (QED) is 0.0508. The van der Waals surface area contributed by atoms with Crippen LogP contribution in [0.25, 0.3) is 16.1 Å². The Labute approximate surface area is 441 Å². The van der Waals surface area contributed by atoms with E-state index in [4.69, 9.17) is 23.9 Å². The summed E-state index contributed by atoms with van der Waals surface area (Å²) in [6.45, 7) is 11.7. The van der Waals surface area contributed by atoms with Crippen LogP contribution in [0.4, 0.5) is 17.5 Å². The molecule has 1 saturated heterocycles. The molecule has 2 aliphatic heterocycles. The maximum absolute atomic E-state index is 13.9.